The lowest BCUT2D eigenvalue weighted by Gasteiger charge is -2.18. The first kappa shape index (κ1) is 19.3. The zero-order valence-corrected chi connectivity index (χ0v) is 14.6. The molecule has 0 amide bonds. The van der Waals surface area contributed by atoms with Crippen LogP contribution in [0.3, 0.4) is 0 Å². The van der Waals surface area contributed by atoms with E-state index in [0.29, 0.717) is 12.8 Å². The predicted octanol–water partition coefficient (Wildman–Crippen LogP) is 2.90. The third kappa shape index (κ3) is 4.96. The van der Waals surface area contributed by atoms with E-state index in [1.807, 2.05) is 0 Å². The normalized spacial score (nSPS) is 24.1. The number of allylic oxidation sites excluding steroid dienone is 1. The van der Waals surface area contributed by atoms with Crippen LogP contribution < -0.4 is 0 Å². The maximum atomic E-state index is 12.4. The standard InChI is InChI=1S/C18H21ClO6/c1-10-7-11(20)5-3-2-4-6-12(21)8-13-16(18(24)25-10)14(22)9-15(23)17(13)19/h3,5,9-11,20,22-23H,2,4,6-8H2,1H3/b5-3+. The summed E-state index contributed by atoms with van der Waals surface area (Å²) in [4.78, 5) is 24.6. The molecular weight excluding hydrogens is 348 g/mol. The number of rotatable bonds is 0. The van der Waals surface area contributed by atoms with Crippen molar-refractivity contribution in [3.8, 4) is 11.5 Å². The van der Waals surface area contributed by atoms with Crippen molar-refractivity contribution in [2.75, 3.05) is 0 Å². The number of hydrogen-bond acceptors (Lipinski definition) is 6. The molecule has 1 aliphatic heterocycles. The molecule has 2 atom stereocenters. The van der Waals surface area contributed by atoms with E-state index in [0.717, 1.165) is 6.07 Å². The number of aliphatic hydroxyl groups is 1. The molecule has 7 heteroatoms. The van der Waals surface area contributed by atoms with Crippen LogP contribution in [0.15, 0.2) is 18.2 Å². The van der Waals surface area contributed by atoms with E-state index < -0.39 is 29.7 Å². The number of cyclic esters (lactones) is 1. The van der Waals surface area contributed by atoms with Gasteiger partial charge in [0.05, 0.1) is 11.1 Å². The minimum atomic E-state index is -0.858. The maximum Gasteiger partial charge on any atom is 0.342 e. The van der Waals surface area contributed by atoms with Crippen LogP contribution in [-0.4, -0.2) is 39.3 Å². The first-order valence-electron chi connectivity index (χ1n) is 8.10. The molecule has 0 radical (unpaired) electrons. The zero-order chi connectivity index (χ0) is 18.6. The summed E-state index contributed by atoms with van der Waals surface area (Å²) in [5.41, 5.74) is -0.181. The van der Waals surface area contributed by atoms with E-state index in [1.165, 1.54) is 0 Å². The van der Waals surface area contributed by atoms with Crippen LogP contribution in [0.2, 0.25) is 5.02 Å². The van der Waals surface area contributed by atoms with Crippen molar-refractivity contribution < 1.29 is 29.6 Å². The van der Waals surface area contributed by atoms with Gasteiger partial charge in [0.15, 0.2) is 0 Å². The number of ether oxygens (including phenoxy) is 1. The van der Waals surface area contributed by atoms with E-state index in [9.17, 15) is 24.9 Å². The van der Waals surface area contributed by atoms with Crippen molar-refractivity contribution in [2.24, 2.45) is 0 Å². The number of Topliss-reactive ketones (excluding diaryl/α,β-unsaturated/α-hetero) is 1. The number of halogens is 1. The van der Waals surface area contributed by atoms with Gasteiger partial charge in [0.1, 0.15) is 28.9 Å². The van der Waals surface area contributed by atoms with Gasteiger partial charge in [0.2, 0.25) is 0 Å². The van der Waals surface area contributed by atoms with E-state index in [4.69, 9.17) is 16.3 Å². The van der Waals surface area contributed by atoms with Gasteiger partial charge in [-0.15, -0.1) is 0 Å². The number of aliphatic hydroxyl groups excluding tert-OH is 1. The molecule has 0 aromatic heterocycles. The van der Waals surface area contributed by atoms with E-state index >= 15 is 0 Å². The molecule has 2 rings (SSSR count). The van der Waals surface area contributed by atoms with E-state index in [-0.39, 0.29) is 41.2 Å². The van der Waals surface area contributed by atoms with Gasteiger partial charge in [0, 0.05) is 30.9 Å². The van der Waals surface area contributed by atoms with Gasteiger partial charge in [0.25, 0.3) is 0 Å². The van der Waals surface area contributed by atoms with E-state index in [1.54, 1.807) is 19.1 Å². The molecule has 0 aliphatic carbocycles. The van der Waals surface area contributed by atoms with Gasteiger partial charge < -0.3 is 20.1 Å². The molecule has 1 aromatic rings. The van der Waals surface area contributed by atoms with Crippen molar-refractivity contribution in [3.05, 3.63) is 34.4 Å². The van der Waals surface area contributed by atoms with Gasteiger partial charge in [-0.25, -0.2) is 4.79 Å². The highest BCUT2D eigenvalue weighted by atomic mass is 35.5. The number of benzene rings is 1. The Labute approximate surface area is 150 Å². The number of ketones is 1. The number of fused-ring (bicyclic) bond motifs is 1. The molecule has 1 aliphatic rings. The van der Waals surface area contributed by atoms with Crippen molar-refractivity contribution in [2.45, 2.75) is 51.2 Å². The molecule has 136 valence electrons. The number of carbonyl (C=O) groups is 2. The number of hydrogen-bond donors (Lipinski definition) is 3. The Morgan fingerprint density at radius 2 is 1.96 bits per heavy atom. The number of esters is 1. The fraction of sp³-hybridized carbons (Fsp3) is 0.444. The Hall–Kier alpha value is -2.05. The molecule has 0 spiro atoms. The van der Waals surface area contributed by atoms with Crippen LogP contribution in [0.4, 0.5) is 0 Å². The summed E-state index contributed by atoms with van der Waals surface area (Å²) in [6, 6.07) is 0.943. The molecule has 0 fully saturated rings. The minimum absolute atomic E-state index is 0.0505. The SMILES string of the molecule is CC1CC(O)/C=C/CCCC(=O)Cc2c(Cl)c(O)cc(O)c2C(=O)O1. The summed E-state index contributed by atoms with van der Waals surface area (Å²) in [5, 5.41) is 29.6. The molecule has 0 saturated carbocycles. The summed E-state index contributed by atoms with van der Waals surface area (Å²) in [7, 11) is 0. The summed E-state index contributed by atoms with van der Waals surface area (Å²) in [6.45, 7) is 1.62. The average Bonchev–Trinajstić information content (AvgIpc) is 2.50. The Balaban J connectivity index is 2.43. The van der Waals surface area contributed by atoms with Gasteiger partial charge in [-0.2, -0.15) is 0 Å². The fourth-order valence-corrected chi connectivity index (χ4v) is 2.96. The predicted molar refractivity (Wildman–Crippen MR) is 92.0 cm³/mol. The largest absolute Gasteiger partial charge is 0.507 e. The molecular formula is C18H21ClO6. The lowest BCUT2D eigenvalue weighted by Crippen LogP contribution is -2.22. The van der Waals surface area contributed by atoms with Crippen LogP contribution in [-0.2, 0) is 16.0 Å². The number of carbonyl (C=O) groups excluding carboxylic acids is 2. The van der Waals surface area contributed by atoms with Crippen LogP contribution in [0.5, 0.6) is 11.5 Å². The van der Waals surface area contributed by atoms with Crippen molar-refractivity contribution in [1.82, 2.24) is 0 Å². The first-order valence-corrected chi connectivity index (χ1v) is 8.48. The smallest absolute Gasteiger partial charge is 0.342 e. The first-order chi connectivity index (χ1) is 11.8. The van der Waals surface area contributed by atoms with Gasteiger partial charge in [-0.3, -0.25) is 4.79 Å². The lowest BCUT2D eigenvalue weighted by atomic mass is 9.98. The number of aromatic hydroxyl groups is 2. The molecule has 2 unspecified atom stereocenters. The Morgan fingerprint density at radius 1 is 1.24 bits per heavy atom. The van der Waals surface area contributed by atoms with Crippen molar-refractivity contribution in [3.63, 3.8) is 0 Å². The Kier molecular flexibility index (Phi) is 6.45. The van der Waals surface area contributed by atoms with Crippen molar-refractivity contribution in [1.29, 1.82) is 0 Å². The molecule has 1 heterocycles. The zero-order valence-electron chi connectivity index (χ0n) is 13.9. The molecule has 0 bridgehead atoms. The third-order valence-corrected chi connectivity index (χ3v) is 4.39. The van der Waals surface area contributed by atoms with Crippen LogP contribution in [0.1, 0.15) is 48.5 Å². The highest BCUT2D eigenvalue weighted by Gasteiger charge is 2.26. The topological polar surface area (TPSA) is 104 Å². The Bertz CT molecular complexity index is 697. The van der Waals surface area contributed by atoms with Crippen molar-refractivity contribution >= 4 is 23.4 Å². The van der Waals surface area contributed by atoms with Gasteiger partial charge in [-0.05, 0) is 19.8 Å². The van der Waals surface area contributed by atoms with Gasteiger partial charge >= 0.3 is 5.97 Å². The highest BCUT2D eigenvalue weighted by molar-refractivity contribution is 6.33. The molecule has 3 N–H and O–H groups in total. The monoisotopic (exact) mass is 368 g/mol. The Morgan fingerprint density at radius 3 is 2.68 bits per heavy atom. The van der Waals surface area contributed by atoms with Crippen LogP contribution in [0, 0.1) is 0 Å². The second-order valence-corrected chi connectivity index (χ2v) is 6.52. The average molecular weight is 369 g/mol. The van der Waals surface area contributed by atoms with Crippen LogP contribution >= 0.6 is 11.6 Å². The highest BCUT2D eigenvalue weighted by Crippen LogP contribution is 2.37. The second-order valence-electron chi connectivity index (χ2n) is 6.14. The number of phenols is 2. The number of phenolic OH excluding ortho intramolecular Hbond substituents is 2. The second kappa shape index (κ2) is 8.36. The third-order valence-electron chi connectivity index (χ3n) is 3.97. The minimum Gasteiger partial charge on any atom is -0.507 e. The summed E-state index contributed by atoms with van der Waals surface area (Å²) >= 11 is 6.05. The molecule has 1 aromatic carbocycles. The van der Waals surface area contributed by atoms with Gasteiger partial charge in [-0.1, -0.05) is 23.8 Å². The van der Waals surface area contributed by atoms with E-state index in [2.05, 4.69) is 0 Å². The molecule has 0 saturated heterocycles. The maximum absolute atomic E-state index is 12.4. The molecule has 6 nitrogen and oxygen atoms in total. The lowest BCUT2D eigenvalue weighted by molar-refractivity contribution is -0.118. The quantitative estimate of drug-likeness (QED) is 0.480. The summed E-state index contributed by atoms with van der Waals surface area (Å²) in [6.07, 6.45) is 3.47. The fourth-order valence-electron chi connectivity index (χ4n) is 2.74. The molecule has 25 heavy (non-hydrogen) atoms. The summed E-state index contributed by atoms with van der Waals surface area (Å²) < 4.78 is 5.26. The van der Waals surface area contributed by atoms with Crippen LogP contribution in [0.25, 0.3) is 0 Å². The summed E-state index contributed by atoms with van der Waals surface area (Å²) in [5.74, 6) is -1.96.